The quantitative estimate of drug-likeness (QED) is 0.211. The van der Waals surface area contributed by atoms with Gasteiger partial charge in [-0.25, -0.2) is 4.98 Å². The number of ether oxygens (including phenoxy) is 2. The SMILES string of the molecule is COc1cc(CN2CCN(C3CCOCC3)CC2)c2nccc(N3CCc4c(cc(Cn5ccnc5)cc4-c4cn(C)nc4C(F)(F)F)C3=O)c2c1. The number of carbonyl (C=O) groups excluding carboxylic acids is 1. The van der Waals surface area contributed by atoms with E-state index >= 15 is 0 Å². The first-order valence-electron chi connectivity index (χ1n) is 17.7. The Hall–Kier alpha value is -4.79. The van der Waals surface area contributed by atoms with Crippen LogP contribution in [0.5, 0.6) is 5.75 Å². The predicted octanol–water partition coefficient (Wildman–Crippen LogP) is 5.41. The fourth-order valence-electron chi connectivity index (χ4n) is 8.05. The van der Waals surface area contributed by atoms with Crippen molar-refractivity contribution >= 4 is 22.5 Å². The van der Waals surface area contributed by atoms with E-state index in [9.17, 15) is 18.0 Å². The molecular formula is C38H41F3N8O3. The molecule has 2 saturated heterocycles. The lowest BCUT2D eigenvalue weighted by molar-refractivity contribution is -0.141. The van der Waals surface area contributed by atoms with Crippen LogP contribution in [0.25, 0.3) is 22.0 Å². The highest BCUT2D eigenvalue weighted by molar-refractivity contribution is 6.13. The highest BCUT2D eigenvalue weighted by Crippen LogP contribution is 2.41. The Morgan fingerprint density at radius 1 is 0.962 bits per heavy atom. The molecule has 2 fully saturated rings. The Kier molecular flexibility index (Phi) is 9.22. The maximum Gasteiger partial charge on any atom is 0.435 e. The van der Waals surface area contributed by atoms with Gasteiger partial charge in [-0.05, 0) is 71.8 Å². The third kappa shape index (κ3) is 6.66. The first-order valence-corrected chi connectivity index (χ1v) is 17.7. The summed E-state index contributed by atoms with van der Waals surface area (Å²) in [6.45, 7) is 6.84. The molecular weight excluding hydrogens is 673 g/mol. The van der Waals surface area contributed by atoms with E-state index in [1.54, 1.807) is 49.1 Å². The molecule has 3 aliphatic rings. The minimum Gasteiger partial charge on any atom is -0.497 e. The van der Waals surface area contributed by atoms with Crippen LogP contribution < -0.4 is 9.64 Å². The largest absolute Gasteiger partial charge is 0.497 e. The van der Waals surface area contributed by atoms with E-state index < -0.39 is 11.9 Å². The summed E-state index contributed by atoms with van der Waals surface area (Å²) in [5, 5.41) is 4.56. The molecule has 0 N–H and O–H groups in total. The van der Waals surface area contributed by atoms with Crippen LogP contribution in [-0.4, -0.2) is 99.1 Å². The summed E-state index contributed by atoms with van der Waals surface area (Å²) < 4.78 is 57.1. The molecule has 0 spiro atoms. The van der Waals surface area contributed by atoms with Crippen molar-refractivity contribution in [1.29, 1.82) is 0 Å². The molecule has 1 amide bonds. The van der Waals surface area contributed by atoms with Crippen LogP contribution in [0.4, 0.5) is 18.9 Å². The van der Waals surface area contributed by atoms with Crippen LogP contribution >= 0.6 is 0 Å². The van der Waals surface area contributed by atoms with Crippen molar-refractivity contribution < 1.29 is 27.4 Å². The molecule has 2 aromatic carbocycles. The van der Waals surface area contributed by atoms with E-state index in [-0.39, 0.29) is 18.0 Å². The molecule has 0 bridgehead atoms. The number of aryl methyl sites for hydroxylation is 1. The van der Waals surface area contributed by atoms with Gasteiger partial charge in [-0.1, -0.05) is 0 Å². The number of aromatic nitrogens is 5. The number of amides is 1. The average molecular weight is 715 g/mol. The Bertz CT molecular complexity index is 2080. The zero-order valence-electron chi connectivity index (χ0n) is 29.3. The minimum atomic E-state index is -4.67. The monoisotopic (exact) mass is 714 g/mol. The van der Waals surface area contributed by atoms with Crippen molar-refractivity contribution in [3.05, 3.63) is 89.4 Å². The van der Waals surface area contributed by atoms with Gasteiger partial charge in [0.05, 0.1) is 24.6 Å². The molecule has 52 heavy (non-hydrogen) atoms. The van der Waals surface area contributed by atoms with E-state index in [1.807, 2.05) is 22.8 Å². The van der Waals surface area contributed by atoms with Crippen molar-refractivity contribution in [3.63, 3.8) is 0 Å². The van der Waals surface area contributed by atoms with Crippen LogP contribution in [0.2, 0.25) is 0 Å². The topological polar surface area (TPSA) is 93.8 Å². The van der Waals surface area contributed by atoms with Crippen molar-refractivity contribution in [2.45, 2.75) is 44.6 Å². The molecule has 272 valence electrons. The number of pyridine rings is 1. The lowest BCUT2D eigenvalue weighted by atomic mass is 9.87. The smallest absolute Gasteiger partial charge is 0.435 e. The van der Waals surface area contributed by atoms with Crippen molar-refractivity contribution in [1.82, 2.24) is 34.1 Å². The Labute approximate surface area is 299 Å². The Morgan fingerprint density at radius 3 is 2.48 bits per heavy atom. The number of fused-ring (bicyclic) bond motifs is 2. The molecule has 6 heterocycles. The number of methoxy groups -OCH3 is 1. The Balaban J connectivity index is 1.14. The molecule has 0 aliphatic carbocycles. The fourth-order valence-corrected chi connectivity index (χ4v) is 8.05. The molecule has 0 unspecified atom stereocenters. The second-order valence-corrected chi connectivity index (χ2v) is 13.8. The van der Waals surface area contributed by atoms with Gasteiger partial charge < -0.3 is 18.9 Å². The number of hydrogen-bond donors (Lipinski definition) is 0. The number of nitrogens with zero attached hydrogens (tertiary/aromatic N) is 8. The van der Waals surface area contributed by atoms with Gasteiger partial charge in [0, 0.05) is 113 Å². The number of rotatable bonds is 8. The van der Waals surface area contributed by atoms with Crippen LogP contribution in [0.15, 0.2) is 61.4 Å². The maximum absolute atomic E-state index is 14.6. The second-order valence-electron chi connectivity index (χ2n) is 13.8. The zero-order valence-corrected chi connectivity index (χ0v) is 29.3. The molecule has 3 aliphatic heterocycles. The van der Waals surface area contributed by atoms with Gasteiger partial charge in [0.2, 0.25) is 0 Å². The molecule has 0 atom stereocenters. The highest BCUT2D eigenvalue weighted by Gasteiger charge is 2.39. The number of imidazole rings is 1. The van der Waals surface area contributed by atoms with Crippen LogP contribution in [0, 0.1) is 0 Å². The standard InChI is InChI=1S/C38H41F3N8O3/c1-45-23-33(36(44-45)38(39,40)41)30-17-25(21-47-10-8-42-24-47)18-31-29(30)4-9-49(37(31)50)34-3-7-43-35-26(19-28(51-2)20-32(34)35)22-46-11-13-48(14-12-46)27-5-15-52-16-6-27/h3,7-8,10,17-20,23-24,27H,4-6,9,11-16,21-22H2,1-2H3. The van der Waals surface area contributed by atoms with E-state index in [4.69, 9.17) is 14.5 Å². The van der Waals surface area contributed by atoms with E-state index in [1.165, 1.54) is 17.9 Å². The number of benzene rings is 2. The lowest BCUT2D eigenvalue weighted by Gasteiger charge is -2.40. The summed E-state index contributed by atoms with van der Waals surface area (Å²) in [4.78, 5) is 30.3. The number of carbonyl (C=O) groups is 1. The maximum atomic E-state index is 14.6. The summed E-state index contributed by atoms with van der Waals surface area (Å²) in [5.41, 5.74) is 3.46. The summed E-state index contributed by atoms with van der Waals surface area (Å²) in [7, 11) is 3.10. The average Bonchev–Trinajstić information content (AvgIpc) is 3.82. The molecule has 0 saturated carbocycles. The first kappa shape index (κ1) is 34.3. The van der Waals surface area contributed by atoms with Gasteiger partial charge in [-0.15, -0.1) is 0 Å². The van der Waals surface area contributed by atoms with Gasteiger partial charge in [0.25, 0.3) is 5.91 Å². The summed E-state index contributed by atoms with van der Waals surface area (Å²) >= 11 is 0. The number of piperazine rings is 1. The molecule has 14 heteroatoms. The Morgan fingerprint density at radius 2 is 1.75 bits per heavy atom. The van der Waals surface area contributed by atoms with Gasteiger partial charge in [-0.2, -0.15) is 18.3 Å². The van der Waals surface area contributed by atoms with E-state index in [2.05, 4.69) is 19.9 Å². The number of anilines is 1. The number of hydrogen-bond acceptors (Lipinski definition) is 8. The van der Waals surface area contributed by atoms with Gasteiger partial charge in [0.1, 0.15) is 5.75 Å². The molecule has 0 radical (unpaired) electrons. The molecule has 3 aromatic heterocycles. The van der Waals surface area contributed by atoms with E-state index in [0.717, 1.165) is 68.7 Å². The van der Waals surface area contributed by atoms with Gasteiger partial charge in [0.15, 0.2) is 5.69 Å². The fraction of sp³-hybridized carbons (Fsp3) is 0.421. The number of halogens is 3. The molecule has 5 aromatic rings. The van der Waals surface area contributed by atoms with Crippen molar-refractivity contribution in [2.24, 2.45) is 7.05 Å². The van der Waals surface area contributed by atoms with E-state index in [0.29, 0.717) is 59.2 Å². The van der Waals surface area contributed by atoms with Crippen LogP contribution in [-0.2, 0) is 37.5 Å². The van der Waals surface area contributed by atoms with Crippen molar-refractivity contribution in [3.8, 4) is 16.9 Å². The van der Waals surface area contributed by atoms with Crippen LogP contribution in [0.1, 0.15) is 45.6 Å². The van der Waals surface area contributed by atoms with Gasteiger partial charge in [-0.3, -0.25) is 24.3 Å². The first-order chi connectivity index (χ1) is 25.2. The third-order valence-electron chi connectivity index (χ3n) is 10.6. The van der Waals surface area contributed by atoms with Crippen molar-refractivity contribution in [2.75, 3.05) is 57.9 Å². The minimum absolute atomic E-state index is 0.0442. The molecule has 8 rings (SSSR count). The normalized spacial score (nSPS) is 17.9. The zero-order chi connectivity index (χ0) is 36.0. The lowest BCUT2D eigenvalue weighted by Crippen LogP contribution is -2.51. The second kappa shape index (κ2) is 14.0. The summed E-state index contributed by atoms with van der Waals surface area (Å²) in [6.07, 6.45) is 6.01. The predicted molar refractivity (Wildman–Crippen MR) is 189 cm³/mol. The van der Waals surface area contributed by atoms with Crippen LogP contribution in [0.3, 0.4) is 0 Å². The molecule has 11 nitrogen and oxygen atoms in total. The summed E-state index contributed by atoms with van der Waals surface area (Å²) in [6, 6.07) is 9.90. The number of alkyl halides is 3. The third-order valence-corrected chi connectivity index (χ3v) is 10.6. The summed E-state index contributed by atoms with van der Waals surface area (Å²) in [5.74, 6) is 0.386. The highest BCUT2D eigenvalue weighted by atomic mass is 19.4. The van der Waals surface area contributed by atoms with Gasteiger partial charge >= 0.3 is 6.18 Å².